The zero-order valence-corrected chi connectivity index (χ0v) is 12.9. The van der Waals surface area contributed by atoms with E-state index in [4.69, 9.17) is 9.47 Å². The van der Waals surface area contributed by atoms with Gasteiger partial charge >= 0.3 is 6.18 Å². The Morgan fingerprint density at radius 3 is 2.62 bits per heavy atom. The van der Waals surface area contributed by atoms with Gasteiger partial charge in [-0.3, -0.25) is 15.2 Å². The highest BCUT2D eigenvalue weighted by molar-refractivity contribution is 5.89. The first kappa shape index (κ1) is 17.6. The van der Waals surface area contributed by atoms with Crippen molar-refractivity contribution in [1.82, 2.24) is 15.2 Å². The Morgan fingerprint density at radius 2 is 2.04 bits per heavy atom. The molecule has 0 aliphatic rings. The number of amides is 1. The van der Waals surface area contributed by atoms with Crippen LogP contribution in [-0.4, -0.2) is 35.3 Å². The van der Waals surface area contributed by atoms with Crippen molar-refractivity contribution in [2.75, 3.05) is 19.5 Å². The van der Waals surface area contributed by atoms with Gasteiger partial charge in [0.2, 0.25) is 17.7 Å². The fourth-order valence-corrected chi connectivity index (χ4v) is 1.96. The molecular formula is C14H15F3N4O3. The lowest BCUT2D eigenvalue weighted by molar-refractivity contribution is -0.144. The lowest BCUT2D eigenvalue weighted by Gasteiger charge is -2.10. The minimum Gasteiger partial charge on any atom is -0.497 e. The Morgan fingerprint density at radius 1 is 1.29 bits per heavy atom. The van der Waals surface area contributed by atoms with Crippen LogP contribution in [0.5, 0.6) is 11.5 Å². The number of carbonyl (C=O) groups is 1. The van der Waals surface area contributed by atoms with Crippen LogP contribution in [0.15, 0.2) is 18.2 Å². The summed E-state index contributed by atoms with van der Waals surface area (Å²) in [4.78, 5) is 15.0. The van der Waals surface area contributed by atoms with Crippen LogP contribution in [0.3, 0.4) is 0 Å². The smallest absolute Gasteiger partial charge is 0.451 e. The van der Waals surface area contributed by atoms with Crippen LogP contribution in [0.25, 0.3) is 0 Å². The number of benzene rings is 1. The summed E-state index contributed by atoms with van der Waals surface area (Å²) in [5, 5.41) is 7.23. The number of H-pyrrole nitrogens is 1. The number of alkyl halides is 3. The van der Waals surface area contributed by atoms with Crippen molar-refractivity contribution in [3.05, 3.63) is 29.6 Å². The van der Waals surface area contributed by atoms with Crippen LogP contribution in [0, 0.1) is 0 Å². The molecule has 1 amide bonds. The summed E-state index contributed by atoms with van der Waals surface area (Å²) in [5.41, 5.74) is 0.734. The molecule has 1 heterocycles. The predicted octanol–water partition coefficient (Wildman–Crippen LogP) is 2.41. The third kappa shape index (κ3) is 4.37. The average molecular weight is 344 g/mol. The Balaban J connectivity index is 1.97. The Labute approximate surface area is 135 Å². The average Bonchev–Trinajstić information content (AvgIpc) is 3.01. The van der Waals surface area contributed by atoms with Crippen molar-refractivity contribution in [2.24, 2.45) is 0 Å². The third-order valence-electron chi connectivity index (χ3n) is 3.11. The molecule has 0 atom stereocenters. The van der Waals surface area contributed by atoms with E-state index in [0.29, 0.717) is 17.9 Å². The number of aromatic amines is 1. The molecule has 0 bridgehead atoms. The fraction of sp³-hybridized carbons (Fsp3) is 0.357. The molecule has 7 nitrogen and oxygen atoms in total. The molecule has 0 spiro atoms. The van der Waals surface area contributed by atoms with Crippen molar-refractivity contribution >= 4 is 11.9 Å². The van der Waals surface area contributed by atoms with Crippen molar-refractivity contribution in [1.29, 1.82) is 0 Å². The van der Waals surface area contributed by atoms with Crippen LogP contribution in [0.4, 0.5) is 19.1 Å². The molecule has 2 N–H and O–H groups in total. The molecule has 2 aromatic rings. The van der Waals surface area contributed by atoms with E-state index in [9.17, 15) is 18.0 Å². The van der Waals surface area contributed by atoms with E-state index < -0.39 is 23.9 Å². The van der Waals surface area contributed by atoms with Crippen molar-refractivity contribution in [2.45, 2.75) is 19.0 Å². The molecule has 24 heavy (non-hydrogen) atoms. The normalized spacial score (nSPS) is 11.2. The summed E-state index contributed by atoms with van der Waals surface area (Å²) < 4.78 is 47.5. The lowest BCUT2D eigenvalue weighted by Crippen LogP contribution is -2.14. The first-order valence-corrected chi connectivity index (χ1v) is 6.84. The van der Waals surface area contributed by atoms with Gasteiger partial charge in [-0.15, -0.1) is 5.10 Å². The van der Waals surface area contributed by atoms with E-state index in [0.717, 1.165) is 5.56 Å². The third-order valence-corrected chi connectivity index (χ3v) is 3.11. The minimum absolute atomic E-state index is 0.0133. The van der Waals surface area contributed by atoms with E-state index in [-0.39, 0.29) is 6.42 Å². The molecule has 130 valence electrons. The van der Waals surface area contributed by atoms with Crippen LogP contribution < -0.4 is 14.8 Å². The maximum atomic E-state index is 12.4. The molecule has 0 fully saturated rings. The number of ether oxygens (including phenoxy) is 2. The molecule has 0 radical (unpaired) electrons. The van der Waals surface area contributed by atoms with E-state index in [1.165, 1.54) is 14.2 Å². The summed E-state index contributed by atoms with van der Waals surface area (Å²) in [6.07, 6.45) is -4.33. The van der Waals surface area contributed by atoms with Crippen LogP contribution in [0.2, 0.25) is 0 Å². The van der Waals surface area contributed by atoms with Gasteiger partial charge in [0.15, 0.2) is 0 Å². The number of carbonyl (C=O) groups excluding carboxylic acids is 1. The molecule has 1 aromatic carbocycles. The lowest BCUT2D eigenvalue weighted by atomic mass is 10.1. The second-order valence-electron chi connectivity index (χ2n) is 4.73. The highest BCUT2D eigenvalue weighted by Crippen LogP contribution is 2.27. The molecule has 10 heteroatoms. The first-order chi connectivity index (χ1) is 11.3. The summed E-state index contributed by atoms with van der Waals surface area (Å²) in [7, 11) is 3.01. The summed E-state index contributed by atoms with van der Waals surface area (Å²) in [6, 6.07) is 5.15. The standard InChI is InChI=1S/C14H15F3N4O3/c1-23-9-4-5-10(24-2)8(7-9)3-6-11(22)18-13-19-12(20-21-13)14(15,16)17/h4-5,7H,3,6H2,1-2H3,(H2,18,19,20,21,22). The fourth-order valence-electron chi connectivity index (χ4n) is 1.96. The number of anilines is 1. The van der Waals surface area contributed by atoms with Crippen molar-refractivity contribution in [3.8, 4) is 11.5 Å². The molecule has 0 saturated heterocycles. The van der Waals surface area contributed by atoms with Gasteiger partial charge in [0.1, 0.15) is 11.5 Å². The number of rotatable bonds is 6. The van der Waals surface area contributed by atoms with Gasteiger partial charge in [-0.25, -0.2) is 0 Å². The van der Waals surface area contributed by atoms with E-state index in [2.05, 4.69) is 15.4 Å². The van der Waals surface area contributed by atoms with E-state index in [1.54, 1.807) is 23.3 Å². The number of hydrogen-bond donors (Lipinski definition) is 2. The summed E-state index contributed by atoms with van der Waals surface area (Å²) in [5.74, 6) is -1.03. The molecule has 0 aliphatic heterocycles. The molecular weight excluding hydrogens is 329 g/mol. The molecule has 0 unspecified atom stereocenters. The SMILES string of the molecule is COc1ccc(OC)c(CCC(=O)Nc2n[nH]c(C(F)(F)F)n2)c1. The van der Waals surface area contributed by atoms with Gasteiger partial charge in [0.25, 0.3) is 0 Å². The maximum absolute atomic E-state index is 12.4. The number of nitrogens with one attached hydrogen (secondary N) is 2. The topological polar surface area (TPSA) is 89.1 Å². The Bertz CT molecular complexity index is 716. The number of nitrogens with zero attached hydrogens (tertiary/aromatic N) is 2. The number of methoxy groups -OCH3 is 2. The number of aryl methyl sites for hydroxylation is 1. The highest BCUT2D eigenvalue weighted by atomic mass is 19.4. The zero-order valence-electron chi connectivity index (χ0n) is 12.9. The maximum Gasteiger partial charge on any atom is 0.451 e. The van der Waals surface area contributed by atoms with Gasteiger partial charge in [0, 0.05) is 6.42 Å². The van der Waals surface area contributed by atoms with Gasteiger partial charge < -0.3 is 9.47 Å². The largest absolute Gasteiger partial charge is 0.497 e. The Kier molecular flexibility index (Phi) is 5.27. The van der Waals surface area contributed by atoms with Crippen LogP contribution >= 0.6 is 0 Å². The summed E-state index contributed by atoms with van der Waals surface area (Å²) >= 11 is 0. The van der Waals surface area contributed by atoms with Crippen LogP contribution in [-0.2, 0) is 17.4 Å². The monoisotopic (exact) mass is 344 g/mol. The second-order valence-corrected chi connectivity index (χ2v) is 4.73. The summed E-state index contributed by atoms with van der Waals surface area (Å²) in [6.45, 7) is 0. The van der Waals surface area contributed by atoms with Gasteiger partial charge in [-0.1, -0.05) is 0 Å². The molecule has 0 saturated carbocycles. The molecule has 1 aromatic heterocycles. The van der Waals surface area contributed by atoms with Gasteiger partial charge in [-0.05, 0) is 30.2 Å². The van der Waals surface area contributed by atoms with Crippen LogP contribution in [0.1, 0.15) is 17.8 Å². The number of hydrogen-bond acceptors (Lipinski definition) is 5. The van der Waals surface area contributed by atoms with E-state index in [1.807, 2.05) is 0 Å². The van der Waals surface area contributed by atoms with Gasteiger partial charge in [0.05, 0.1) is 14.2 Å². The second kappa shape index (κ2) is 7.20. The van der Waals surface area contributed by atoms with E-state index >= 15 is 0 Å². The quantitative estimate of drug-likeness (QED) is 0.840. The molecule has 0 aliphatic carbocycles. The highest BCUT2D eigenvalue weighted by Gasteiger charge is 2.35. The van der Waals surface area contributed by atoms with Gasteiger partial charge in [-0.2, -0.15) is 18.2 Å². The zero-order chi connectivity index (χ0) is 17.7. The number of halogens is 3. The predicted molar refractivity (Wildman–Crippen MR) is 77.9 cm³/mol. The Hall–Kier alpha value is -2.78. The minimum atomic E-state index is -4.65. The first-order valence-electron chi connectivity index (χ1n) is 6.84. The van der Waals surface area contributed by atoms with Crippen molar-refractivity contribution in [3.63, 3.8) is 0 Å². The molecule has 2 rings (SSSR count). The van der Waals surface area contributed by atoms with Crippen molar-refractivity contribution < 1.29 is 27.4 Å². The number of aromatic nitrogens is 3.